The molecular weight excluding hydrogens is 226 g/mol. The van der Waals surface area contributed by atoms with E-state index in [0.29, 0.717) is 6.54 Å². The summed E-state index contributed by atoms with van der Waals surface area (Å²) in [6.45, 7) is 4.46. The zero-order valence-corrected chi connectivity index (χ0v) is 10.7. The number of carbonyl (C=O) groups is 2. The van der Waals surface area contributed by atoms with Gasteiger partial charge >= 0.3 is 0 Å². The Hall–Kier alpha value is -0.750. The summed E-state index contributed by atoms with van der Waals surface area (Å²) in [5, 5.41) is 2.76. The maximum absolute atomic E-state index is 11.4. The molecule has 0 aliphatic heterocycles. The average Bonchev–Trinajstić information content (AvgIpc) is 2.25. The first-order valence-corrected chi connectivity index (χ1v) is 6.50. The molecule has 0 aromatic carbocycles. The van der Waals surface area contributed by atoms with Gasteiger partial charge in [-0.15, -0.1) is 11.8 Å². The highest BCUT2D eigenvalue weighted by Gasteiger charge is 2.20. The van der Waals surface area contributed by atoms with Crippen molar-refractivity contribution in [3.8, 4) is 0 Å². The van der Waals surface area contributed by atoms with Crippen LogP contribution in [0.5, 0.6) is 0 Å². The minimum Gasteiger partial charge on any atom is -0.369 e. The SMILES string of the molecule is CCC(N)(CC)CNC(=O)CSCC(N)=O. The third kappa shape index (κ3) is 6.68. The standard InChI is InChI=1S/C10H21N3O2S/c1-3-10(12,4-2)7-13-9(15)6-16-5-8(11)14/h3-7,12H2,1-2H3,(H2,11,14)(H,13,15). The molecule has 0 unspecified atom stereocenters. The first kappa shape index (κ1) is 15.2. The number of nitrogens with two attached hydrogens (primary N) is 2. The number of rotatable bonds is 8. The molecule has 94 valence electrons. The predicted molar refractivity (Wildman–Crippen MR) is 67.0 cm³/mol. The van der Waals surface area contributed by atoms with Crippen LogP contribution in [-0.2, 0) is 9.59 Å². The predicted octanol–water partition coefficient (Wildman–Crippen LogP) is -0.161. The van der Waals surface area contributed by atoms with Crippen molar-refractivity contribution >= 4 is 23.6 Å². The van der Waals surface area contributed by atoms with Crippen LogP contribution in [-0.4, -0.2) is 35.4 Å². The molecule has 0 aromatic rings. The Bertz CT molecular complexity index is 242. The average molecular weight is 247 g/mol. The smallest absolute Gasteiger partial charge is 0.230 e. The first-order valence-electron chi connectivity index (χ1n) is 5.35. The van der Waals surface area contributed by atoms with Gasteiger partial charge in [-0.3, -0.25) is 9.59 Å². The lowest BCUT2D eigenvalue weighted by Crippen LogP contribution is -2.49. The number of thioether (sulfide) groups is 1. The molecule has 6 heteroatoms. The van der Waals surface area contributed by atoms with Crippen LogP contribution in [0.25, 0.3) is 0 Å². The van der Waals surface area contributed by atoms with E-state index < -0.39 is 5.91 Å². The molecule has 5 N–H and O–H groups in total. The molecule has 0 heterocycles. The van der Waals surface area contributed by atoms with Gasteiger partial charge in [0.15, 0.2) is 0 Å². The topological polar surface area (TPSA) is 98.2 Å². The maximum atomic E-state index is 11.4. The van der Waals surface area contributed by atoms with Gasteiger partial charge in [-0.2, -0.15) is 0 Å². The minimum absolute atomic E-state index is 0.108. The molecule has 0 aliphatic carbocycles. The quantitative estimate of drug-likeness (QED) is 0.555. The second kappa shape index (κ2) is 7.51. The Balaban J connectivity index is 3.76. The Kier molecular flexibility index (Phi) is 7.16. The summed E-state index contributed by atoms with van der Waals surface area (Å²) in [5.74, 6) is -0.106. The summed E-state index contributed by atoms with van der Waals surface area (Å²) in [6, 6.07) is 0. The molecule has 5 nitrogen and oxygen atoms in total. The Morgan fingerprint density at radius 2 is 1.81 bits per heavy atom. The van der Waals surface area contributed by atoms with E-state index in [1.165, 1.54) is 11.8 Å². The molecule has 0 aromatic heterocycles. The lowest BCUT2D eigenvalue weighted by molar-refractivity contribution is -0.118. The van der Waals surface area contributed by atoms with Gasteiger partial charge in [0.1, 0.15) is 0 Å². The summed E-state index contributed by atoms with van der Waals surface area (Å²) < 4.78 is 0. The number of hydrogen-bond donors (Lipinski definition) is 3. The molecule has 0 saturated carbocycles. The normalized spacial score (nSPS) is 11.2. The second-order valence-electron chi connectivity index (χ2n) is 3.81. The number of carbonyl (C=O) groups excluding carboxylic acids is 2. The fraction of sp³-hybridized carbons (Fsp3) is 0.800. The van der Waals surface area contributed by atoms with Crippen LogP contribution < -0.4 is 16.8 Å². The summed E-state index contributed by atoms with van der Waals surface area (Å²) in [5.41, 5.74) is 10.7. The molecule has 0 atom stereocenters. The van der Waals surface area contributed by atoms with Crippen LogP contribution in [0.4, 0.5) is 0 Å². The highest BCUT2D eigenvalue weighted by atomic mass is 32.2. The number of hydrogen-bond acceptors (Lipinski definition) is 4. The van der Waals surface area contributed by atoms with Crippen molar-refractivity contribution in [1.82, 2.24) is 5.32 Å². The summed E-state index contributed by atoms with van der Waals surface area (Å²) in [4.78, 5) is 21.8. The fourth-order valence-corrected chi connectivity index (χ4v) is 1.66. The van der Waals surface area contributed by atoms with Crippen LogP contribution in [0, 0.1) is 0 Å². The van der Waals surface area contributed by atoms with E-state index >= 15 is 0 Å². The van der Waals surface area contributed by atoms with Crippen LogP contribution >= 0.6 is 11.8 Å². The van der Waals surface area contributed by atoms with Crippen molar-refractivity contribution in [2.24, 2.45) is 11.5 Å². The molecule has 0 radical (unpaired) electrons. The van der Waals surface area contributed by atoms with E-state index in [1.54, 1.807) is 0 Å². The molecule has 0 aliphatic rings. The zero-order chi connectivity index (χ0) is 12.6. The van der Waals surface area contributed by atoms with Gasteiger partial charge in [0, 0.05) is 12.1 Å². The molecule has 0 bridgehead atoms. The molecule has 16 heavy (non-hydrogen) atoms. The number of primary amides is 1. The van der Waals surface area contributed by atoms with Crippen molar-refractivity contribution in [3.63, 3.8) is 0 Å². The van der Waals surface area contributed by atoms with Gasteiger partial charge in [0.05, 0.1) is 11.5 Å². The van der Waals surface area contributed by atoms with E-state index in [0.717, 1.165) is 12.8 Å². The van der Waals surface area contributed by atoms with Gasteiger partial charge in [-0.1, -0.05) is 13.8 Å². The van der Waals surface area contributed by atoms with Crippen LogP contribution in [0.3, 0.4) is 0 Å². The van der Waals surface area contributed by atoms with E-state index in [9.17, 15) is 9.59 Å². The first-order chi connectivity index (χ1) is 7.43. The minimum atomic E-state index is -0.409. The van der Waals surface area contributed by atoms with Gasteiger partial charge in [0.2, 0.25) is 11.8 Å². The molecule has 0 fully saturated rings. The Morgan fingerprint density at radius 3 is 2.25 bits per heavy atom. The van der Waals surface area contributed by atoms with Crippen molar-refractivity contribution in [2.75, 3.05) is 18.1 Å². The van der Waals surface area contributed by atoms with E-state index in [4.69, 9.17) is 11.5 Å². The lowest BCUT2D eigenvalue weighted by Gasteiger charge is -2.26. The Morgan fingerprint density at radius 1 is 1.25 bits per heavy atom. The summed E-state index contributed by atoms with van der Waals surface area (Å²) in [6.07, 6.45) is 1.64. The zero-order valence-electron chi connectivity index (χ0n) is 9.91. The molecule has 0 spiro atoms. The number of nitrogens with one attached hydrogen (secondary N) is 1. The van der Waals surface area contributed by atoms with Gasteiger partial charge in [0.25, 0.3) is 0 Å². The third-order valence-corrected chi connectivity index (χ3v) is 3.48. The summed E-state index contributed by atoms with van der Waals surface area (Å²) in [7, 11) is 0. The molecule has 2 amide bonds. The molecule has 0 rings (SSSR count). The maximum Gasteiger partial charge on any atom is 0.230 e. The lowest BCUT2D eigenvalue weighted by atomic mass is 9.94. The van der Waals surface area contributed by atoms with E-state index in [2.05, 4.69) is 5.32 Å². The van der Waals surface area contributed by atoms with Crippen molar-refractivity contribution in [2.45, 2.75) is 32.2 Å². The Labute approximate surface area is 101 Å². The third-order valence-electron chi connectivity index (χ3n) is 2.52. The van der Waals surface area contributed by atoms with Crippen LogP contribution in [0.15, 0.2) is 0 Å². The highest BCUT2D eigenvalue weighted by Crippen LogP contribution is 2.09. The monoisotopic (exact) mass is 247 g/mol. The highest BCUT2D eigenvalue weighted by molar-refractivity contribution is 8.00. The largest absolute Gasteiger partial charge is 0.369 e. The van der Waals surface area contributed by atoms with Gasteiger partial charge in [-0.25, -0.2) is 0 Å². The van der Waals surface area contributed by atoms with Gasteiger partial charge in [-0.05, 0) is 12.8 Å². The van der Waals surface area contributed by atoms with E-state index in [1.807, 2.05) is 13.8 Å². The molecule has 0 saturated heterocycles. The van der Waals surface area contributed by atoms with Crippen molar-refractivity contribution in [3.05, 3.63) is 0 Å². The van der Waals surface area contributed by atoms with Crippen LogP contribution in [0.2, 0.25) is 0 Å². The van der Waals surface area contributed by atoms with E-state index in [-0.39, 0.29) is 23.0 Å². The molecular formula is C10H21N3O2S. The van der Waals surface area contributed by atoms with Crippen molar-refractivity contribution < 1.29 is 9.59 Å². The summed E-state index contributed by atoms with van der Waals surface area (Å²) >= 11 is 1.21. The van der Waals surface area contributed by atoms with Crippen molar-refractivity contribution in [1.29, 1.82) is 0 Å². The van der Waals surface area contributed by atoms with Gasteiger partial charge < -0.3 is 16.8 Å². The fourth-order valence-electron chi connectivity index (χ4n) is 1.07. The number of amides is 2. The van der Waals surface area contributed by atoms with Crippen LogP contribution in [0.1, 0.15) is 26.7 Å². The second-order valence-corrected chi connectivity index (χ2v) is 4.79.